The fraction of sp³-hybridized carbons (Fsp3) is 0.556. The third-order valence-electron chi connectivity index (χ3n) is 1.98. The van der Waals surface area contributed by atoms with Crippen LogP contribution >= 0.6 is 0 Å². The Morgan fingerprint density at radius 1 is 1.59 bits per heavy atom. The van der Waals surface area contributed by atoms with Gasteiger partial charge in [0.2, 0.25) is 5.91 Å². The predicted molar refractivity (Wildman–Crippen MR) is 57.6 cm³/mol. The van der Waals surface area contributed by atoms with E-state index in [2.05, 4.69) is 20.4 Å². The van der Waals surface area contributed by atoms with Gasteiger partial charge in [-0.1, -0.05) is 5.21 Å². The van der Waals surface area contributed by atoms with E-state index in [0.717, 1.165) is 0 Å². The van der Waals surface area contributed by atoms with Crippen molar-refractivity contribution in [2.75, 3.05) is 13.7 Å². The fourth-order valence-electron chi connectivity index (χ4n) is 1.12. The van der Waals surface area contributed by atoms with E-state index in [9.17, 15) is 9.59 Å². The first kappa shape index (κ1) is 13.1. The summed E-state index contributed by atoms with van der Waals surface area (Å²) in [6, 6.07) is 0. The second-order valence-electron chi connectivity index (χ2n) is 3.29. The maximum absolute atomic E-state index is 11.4. The van der Waals surface area contributed by atoms with Gasteiger partial charge in [0.25, 0.3) is 0 Å². The average Bonchev–Trinajstić information content (AvgIpc) is 2.76. The first-order chi connectivity index (χ1) is 8.15. The molecule has 0 fully saturated rings. The molecule has 94 valence electrons. The zero-order valence-electron chi connectivity index (χ0n) is 9.55. The van der Waals surface area contributed by atoms with Gasteiger partial charge in [0.05, 0.1) is 25.4 Å². The Labute approximate surface area is 98.1 Å². The van der Waals surface area contributed by atoms with Crippen LogP contribution in [0.5, 0.6) is 0 Å². The molecule has 8 nitrogen and oxygen atoms in total. The lowest BCUT2D eigenvalue weighted by Gasteiger charge is -2.03. The summed E-state index contributed by atoms with van der Waals surface area (Å²) in [5.74, 6) is -0.612. The minimum atomic E-state index is -0.364. The van der Waals surface area contributed by atoms with Gasteiger partial charge in [0.15, 0.2) is 0 Å². The Bertz CT molecular complexity index is 390. The van der Waals surface area contributed by atoms with Crippen LogP contribution < -0.4 is 11.1 Å². The molecule has 0 atom stereocenters. The van der Waals surface area contributed by atoms with Crippen LogP contribution in [0.15, 0.2) is 6.20 Å². The third-order valence-corrected chi connectivity index (χ3v) is 1.98. The summed E-state index contributed by atoms with van der Waals surface area (Å²) in [6.07, 6.45) is 1.74. The van der Waals surface area contributed by atoms with Crippen LogP contribution in [-0.2, 0) is 27.4 Å². The lowest BCUT2D eigenvalue weighted by atomic mass is 10.4. The quantitative estimate of drug-likeness (QED) is 0.581. The van der Waals surface area contributed by atoms with Gasteiger partial charge in [-0.3, -0.25) is 9.59 Å². The van der Waals surface area contributed by atoms with E-state index in [1.54, 1.807) is 6.20 Å². The summed E-state index contributed by atoms with van der Waals surface area (Å²) in [4.78, 5) is 22.2. The SMILES string of the molecule is COC(=O)CCNC(=O)Cn1cc(CN)nn1. The topological polar surface area (TPSA) is 112 Å². The molecule has 1 amide bonds. The van der Waals surface area contributed by atoms with Crippen molar-refractivity contribution in [3.05, 3.63) is 11.9 Å². The molecule has 0 radical (unpaired) electrons. The average molecular weight is 241 g/mol. The molecule has 1 aromatic rings. The van der Waals surface area contributed by atoms with Crippen LogP contribution in [0.3, 0.4) is 0 Å². The number of nitrogens with zero attached hydrogens (tertiary/aromatic N) is 3. The lowest BCUT2D eigenvalue weighted by Crippen LogP contribution is -2.29. The molecule has 0 unspecified atom stereocenters. The number of esters is 1. The minimum Gasteiger partial charge on any atom is -0.469 e. The Hall–Kier alpha value is -1.96. The molecule has 0 saturated heterocycles. The van der Waals surface area contributed by atoms with Gasteiger partial charge in [-0.05, 0) is 0 Å². The van der Waals surface area contributed by atoms with Gasteiger partial charge < -0.3 is 15.8 Å². The second kappa shape index (κ2) is 6.59. The fourth-order valence-corrected chi connectivity index (χ4v) is 1.12. The number of amides is 1. The Morgan fingerprint density at radius 2 is 2.35 bits per heavy atom. The Morgan fingerprint density at radius 3 is 2.94 bits per heavy atom. The highest BCUT2D eigenvalue weighted by Gasteiger charge is 2.06. The molecule has 0 saturated carbocycles. The van der Waals surface area contributed by atoms with E-state index in [1.807, 2.05) is 0 Å². The summed E-state index contributed by atoms with van der Waals surface area (Å²) < 4.78 is 5.82. The van der Waals surface area contributed by atoms with Gasteiger partial charge >= 0.3 is 5.97 Å². The minimum absolute atomic E-state index is 0.0498. The van der Waals surface area contributed by atoms with Crippen molar-refractivity contribution in [2.24, 2.45) is 5.73 Å². The van der Waals surface area contributed by atoms with E-state index in [4.69, 9.17) is 5.73 Å². The highest BCUT2D eigenvalue weighted by molar-refractivity contribution is 5.76. The lowest BCUT2D eigenvalue weighted by molar-refractivity contribution is -0.140. The maximum atomic E-state index is 11.4. The third kappa shape index (κ3) is 4.60. The predicted octanol–water partition coefficient (Wildman–Crippen LogP) is -1.58. The Balaban J connectivity index is 2.27. The molecule has 0 aliphatic rings. The number of rotatable bonds is 6. The summed E-state index contributed by atoms with van der Waals surface area (Å²) >= 11 is 0. The van der Waals surface area contributed by atoms with Crippen molar-refractivity contribution < 1.29 is 14.3 Å². The molecule has 0 aliphatic carbocycles. The zero-order chi connectivity index (χ0) is 12.7. The summed E-state index contributed by atoms with van der Waals surface area (Å²) in [5, 5.41) is 10.0. The van der Waals surface area contributed by atoms with Gasteiger partial charge in [-0.15, -0.1) is 5.10 Å². The molecule has 0 spiro atoms. The van der Waals surface area contributed by atoms with Crippen molar-refractivity contribution in [3.8, 4) is 0 Å². The zero-order valence-corrected chi connectivity index (χ0v) is 9.55. The Kier molecular flexibility index (Phi) is 5.08. The molecule has 17 heavy (non-hydrogen) atoms. The molecule has 0 aromatic carbocycles. The van der Waals surface area contributed by atoms with Crippen LogP contribution in [0.4, 0.5) is 0 Å². The number of hydrogen-bond acceptors (Lipinski definition) is 6. The number of nitrogens with two attached hydrogens (primary N) is 1. The van der Waals surface area contributed by atoms with Crippen LogP contribution in [0.2, 0.25) is 0 Å². The first-order valence-corrected chi connectivity index (χ1v) is 5.08. The van der Waals surface area contributed by atoms with Gasteiger partial charge in [-0.25, -0.2) is 4.68 Å². The van der Waals surface area contributed by atoms with Crippen molar-refractivity contribution in [2.45, 2.75) is 19.5 Å². The monoisotopic (exact) mass is 241 g/mol. The van der Waals surface area contributed by atoms with Crippen LogP contribution in [-0.4, -0.2) is 40.5 Å². The molecule has 1 rings (SSSR count). The molecule has 1 aromatic heterocycles. The highest BCUT2D eigenvalue weighted by atomic mass is 16.5. The molecule has 0 aliphatic heterocycles. The number of hydrogen-bond donors (Lipinski definition) is 2. The van der Waals surface area contributed by atoms with Crippen molar-refractivity contribution in [1.29, 1.82) is 0 Å². The van der Waals surface area contributed by atoms with E-state index < -0.39 is 0 Å². The first-order valence-electron chi connectivity index (χ1n) is 5.08. The largest absolute Gasteiger partial charge is 0.469 e. The van der Waals surface area contributed by atoms with Crippen molar-refractivity contribution in [1.82, 2.24) is 20.3 Å². The molecular weight excluding hydrogens is 226 g/mol. The number of carbonyl (C=O) groups is 2. The molecule has 0 bridgehead atoms. The normalized spacial score (nSPS) is 10.0. The molecule has 1 heterocycles. The van der Waals surface area contributed by atoms with Crippen molar-refractivity contribution in [3.63, 3.8) is 0 Å². The van der Waals surface area contributed by atoms with Gasteiger partial charge in [0.1, 0.15) is 6.54 Å². The summed E-state index contributed by atoms with van der Waals surface area (Å²) in [6.45, 7) is 0.572. The van der Waals surface area contributed by atoms with Crippen LogP contribution in [0, 0.1) is 0 Å². The van der Waals surface area contributed by atoms with Crippen LogP contribution in [0.1, 0.15) is 12.1 Å². The van der Waals surface area contributed by atoms with Crippen molar-refractivity contribution >= 4 is 11.9 Å². The number of nitrogens with one attached hydrogen (secondary N) is 1. The maximum Gasteiger partial charge on any atom is 0.307 e. The number of aromatic nitrogens is 3. The highest BCUT2D eigenvalue weighted by Crippen LogP contribution is 1.90. The summed E-state index contributed by atoms with van der Waals surface area (Å²) in [5.41, 5.74) is 5.97. The van der Waals surface area contributed by atoms with Crippen LogP contribution in [0.25, 0.3) is 0 Å². The van der Waals surface area contributed by atoms with E-state index in [1.165, 1.54) is 11.8 Å². The van der Waals surface area contributed by atoms with Gasteiger partial charge in [0, 0.05) is 13.1 Å². The van der Waals surface area contributed by atoms with E-state index >= 15 is 0 Å². The van der Waals surface area contributed by atoms with E-state index in [-0.39, 0.29) is 37.9 Å². The van der Waals surface area contributed by atoms with Gasteiger partial charge in [-0.2, -0.15) is 0 Å². The number of ether oxygens (including phenoxy) is 1. The van der Waals surface area contributed by atoms with E-state index in [0.29, 0.717) is 5.69 Å². The molecular formula is C9H15N5O3. The summed E-state index contributed by atoms with van der Waals surface area (Å²) in [7, 11) is 1.30. The smallest absolute Gasteiger partial charge is 0.307 e. The number of carbonyl (C=O) groups excluding carboxylic acids is 2. The second-order valence-corrected chi connectivity index (χ2v) is 3.29. The molecule has 8 heteroatoms. The standard InChI is InChI=1S/C9H15N5O3/c1-17-9(16)2-3-11-8(15)6-14-5-7(4-10)12-13-14/h5H,2-4,6,10H2,1H3,(H,11,15). The number of methoxy groups -OCH3 is 1. The molecule has 3 N–H and O–H groups in total.